The van der Waals surface area contributed by atoms with Crippen molar-refractivity contribution in [1.82, 2.24) is 0 Å². The number of aliphatic hydroxyl groups excluding tert-OH is 1. The molecular formula is C22H28O8. The second-order valence-corrected chi connectivity index (χ2v) is 8.30. The molecule has 0 aromatic heterocycles. The predicted octanol–water partition coefficient (Wildman–Crippen LogP) is 1.76. The number of hydrogen-bond acceptors (Lipinski definition) is 8. The van der Waals surface area contributed by atoms with E-state index in [0.717, 1.165) is 0 Å². The van der Waals surface area contributed by atoms with Crippen LogP contribution >= 0.6 is 0 Å². The Labute approximate surface area is 175 Å². The number of carbonyl (C=O) groups excluding carboxylic acids is 3. The molecule has 0 amide bonds. The highest BCUT2D eigenvalue weighted by atomic mass is 16.7. The van der Waals surface area contributed by atoms with Crippen molar-refractivity contribution in [3.63, 3.8) is 0 Å². The fourth-order valence-corrected chi connectivity index (χ4v) is 3.85. The molecule has 2 heterocycles. The van der Waals surface area contributed by atoms with Crippen LogP contribution in [-0.4, -0.2) is 59.1 Å². The monoisotopic (exact) mass is 420 g/mol. The van der Waals surface area contributed by atoms with E-state index in [9.17, 15) is 19.5 Å². The van der Waals surface area contributed by atoms with Crippen LogP contribution in [0.1, 0.15) is 41.0 Å². The lowest BCUT2D eigenvalue weighted by Gasteiger charge is -2.31. The Morgan fingerprint density at radius 3 is 2.47 bits per heavy atom. The molecule has 0 aromatic rings. The summed E-state index contributed by atoms with van der Waals surface area (Å²) < 4.78 is 21.8. The summed E-state index contributed by atoms with van der Waals surface area (Å²) in [6, 6.07) is 0. The second-order valence-electron chi connectivity index (χ2n) is 8.30. The smallest absolute Gasteiger partial charge is 0.341 e. The zero-order valence-corrected chi connectivity index (χ0v) is 17.8. The van der Waals surface area contributed by atoms with Crippen LogP contribution in [0.2, 0.25) is 0 Å². The molecule has 8 nitrogen and oxygen atoms in total. The van der Waals surface area contributed by atoms with E-state index in [-0.39, 0.29) is 11.7 Å². The molecule has 0 spiro atoms. The van der Waals surface area contributed by atoms with Crippen LogP contribution in [0.15, 0.2) is 35.5 Å². The number of carbonyl (C=O) groups is 3. The molecule has 2 aliphatic heterocycles. The quantitative estimate of drug-likeness (QED) is 0.242. The van der Waals surface area contributed by atoms with Gasteiger partial charge in [-0.25, -0.2) is 9.59 Å². The third-order valence-corrected chi connectivity index (χ3v) is 6.07. The Morgan fingerprint density at radius 1 is 1.27 bits per heavy atom. The molecular weight excluding hydrogens is 392 g/mol. The van der Waals surface area contributed by atoms with Crippen LogP contribution in [0.3, 0.4) is 0 Å². The van der Waals surface area contributed by atoms with Crippen LogP contribution in [0.5, 0.6) is 0 Å². The minimum absolute atomic E-state index is 0.0947. The van der Waals surface area contributed by atoms with E-state index in [0.29, 0.717) is 17.6 Å². The minimum Gasteiger partial charge on any atom is -0.458 e. The van der Waals surface area contributed by atoms with Gasteiger partial charge in [0, 0.05) is 18.9 Å². The van der Waals surface area contributed by atoms with Gasteiger partial charge < -0.3 is 24.1 Å². The summed E-state index contributed by atoms with van der Waals surface area (Å²) in [5.74, 6) is -2.50. The summed E-state index contributed by atoms with van der Waals surface area (Å²) in [5.41, 5.74) is 0.273. The number of ether oxygens (including phenoxy) is 4. The Hall–Kier alpha value is -2.45. The lowest BCUT2D eigenvalue weighted by molar-refractivity contribution is -0.160. The third kappa shape index (κ3) is 4.06. The fourth-order valence-electron chi connectivity index (χ4n) is 3.85. The van der Waals surface area contributed by atoms with E-state index >= 15 is 0 Å². The Balaban J connectivity index is 1.98. The molecule has 164 valence electrons. The highest BCUT2D eigenvalue weighted by molar-refractivity contribution is 5.91. The van der Waals surface area contributed by atoms with Crippen molar-refractivity contribution in [3.8, 4) is 0 Å². The standard InChI is InChI=1S/C22H28O8/c1-10-7-8-15(27-14(5)23)11(2)9-16-17(12(3)20(25)28-16)18(24)19(10)29-21(26)22(6)13(4)30-22/h7,9,13,15-19,24H,3,8H2,1-2,4-6H3/b10-7+,11-9-/t13-,15-,16+,17-,18-,19+,22-/m0/s1. The van der Waals surface area contributed by atoms with E-state index < -0.39 is 53.8 Å². The van der Waals surface area contributed by atoms with Crippen molar-refractivity contribution in [3.05, 3.63) is 35.5 Å². The van der Waals surface area contributed by atoms with Crippen LogP contribution < -0.4 is 0 Å². The number of fused-ring (bicyclic) bond motifs is 1. The number of esters is 3. The van der Waals surface area contributed by atoms with Gasteiger partial charge in [-0.1, -0.05) is 12.7 Å². The van der Waals surface area contributed by atoms with Crippen LogP contribution in [-0.2, 0) is 33.3 Å². The minimum atomic E-state index is -1.26. The maximum Gasteiger partial charge on any atom is 0.341 e. The maximum absolute atomic E-state index is 12.7. The first kappa shape index (κ1) is 22.2. The van der Waals surface area contributed by atoms with Crippen LogP contribution in [0.4, 0.5) is 0 Å². The maximum atomic E-state index is 12.7. The van der Waals surface area contributed by atoms with Gasteiger partial charge in [0.05, 0.1) is 12.0 Å². The van der Waals surface area contributed by atoms with Gasteiger partial charge in [-0.05, 0) is 44.9 Å². The molecule has 30 heavy (non-hydrogen) atoms. The zero-order chi connectivity index (χ0) is 22.4. The molecule has 3 aliphatic rings. The second kappa shape index (κ2) is 8.00. The summed E-state index contributed by atoms with van der Waals surface area (Å²) in [7, 11) is 0. The highest BCUT2D eigenvalue weighted by Crippen LogP contribution is 2.40. The van der Waals surface area contributed by atoms with Crippen molar-refractivity contribution < 1.29 is 38.4 Å². The lowest BCUT2D eigenvalue weighted by atomic mass is 9.83. The van der Waals surface area contributed by atoms with Crippen molar-refractivity contribution in [2.24, 2.45) is 5.92 Å². The van der Waals surface area contributed by atoms with Gasteiger partial charge in [0.1, 0.15) is 24.4 Å². The molecule has 0 saturated carbocycles. The first-order valence-corrected chi connectivity index (χ1v) is 9.94. The average Bonchev–Trinajstić information content (AvgIpc) is 3.18. The van der Waals surface area contributed by atoms with Gasteiger partial charge in [0.2, 0.25) is 0 Å². The first-order chi connectivity index (χ1) is 14.0. The fraction of sp³-hybridized carbons (Fsp3) is 0.591. The van der Waals surface area contributed by atoms with Crippen molar-refractivity contribution in [1.29, 1.82) is 0 Å². The Bertz CT molecular complexity index is 840. The van der Waals surface area contributed by atoms with E-state index in [1.807, 2.05) is 0 Å². The van der Waals surface area contributed by atoms with E-state index in [4.69, 9.17) is 18.9 Å². The molecule has 2 saturated heterocycles. The molecule has 2 fully saturated rings. The first-order valence-electron chi connectivity index (χ1n) is 9.94. The van der Waals surface area contributed by atoms with E-state index in [1.165, 1.54) is 6.92 Å². The average molecular weight is 420 g/mol. The van der Waals surface area contributed by atoms with Gasteiger partial charge in [-0.15, -0.1) is 0 Å². The number of epoxide rings is 1. The van der Waals surface area contributed by atoms with Gasteiger partial charge in [-0.3, -0.25) is 4.79 Å². The van der Waals surface area contributed by atoms with E-state index in [2.05, 4.69) is 6.58 Å². The van der Waals surface area contributed by atoms with Gasteiger partial charge in [-0.2, -0.15) is 0 Å². The zero-order valence-electron chi connectivity index (χ0n) is 17.8. The van der Waals surface area contributed by atoms with Crippen molar-refractivity contribution in [2.75, 3.05) is 0 Å². The molecule has 0 aromatic carbocycles. The molecule has 0 bridgehead atoms. The third-order valence-electron chi connectivity index (χ3n) is 6.07. The van der Waals surface area contributed by atoms with Gasteiger partial charge in [0.15, 0.2) is 5.60 Å². The van der Waals surface area contributed by atoms with Gasteiger partial charge >= 0.3 is 17.9 Å². The molecule has 1 aliphatic carbocycles. The molecule has 7 atom stereocenters. The SMILES string of the molecule is C=C1C(=O)O[C@@H]2/C=C(/C)[C@@H](OC(C)=O)C/C=C(\C)[C@@H](OC(=O)[C@@]3(C)O[C@H]3C)[C@@H](O)[C@@H]12. The normalized spacial score (nSPS) is 42.1. The van der Waals surface area contributed by atoms with Gasteiger partial charge in [0.25, 0.3) is 0 Å². The summed E-state index contributed by atoms with van der Waals surface area (Å²) in [6.07, 6.45) is -0.284. The Morgan fingerprint density at radius 2 is 1.90 bits per heavy atom. The highest BCUT2D eigenvalue weighted by Gasteiger charge is 2.58. The summed E-state index contributed by atoms with van der Waals surface area (Å²) in [6.45, 7) is 11.9. The van der Waals surface area contributed by atoms with Crippen LogP contribution in [0, 0.1) is 5.92 Å². The topological polar surface area (TPSA) is 112 Å². The number of hydrogen-bond donors (Lipinski definition) is 1. The van der Waals surface area contributed by atoms with Crippen LogP contribution in [0.25, 0.3) is 0 Å². The summed E-state index contributed by atoms with van der Waals surface area (Å²) in [4.78, 5) is 36.4. The van der Waals surface area contributed by atoms with Crippen molar-refractivity contribution >= 4 is 17.9 Å². The Kier molecular flexibility index (Phi) is 5.93. The molecule has 3 rings (SSSR count). The summed E-state index contributed by atoms with van der Waals surface area (Å²) in [5, 5.41) is 11.2. The molecule has 8 heteroatoms. The molecule has 0 radical (unpaired) electrons. The number of aliphatic hydroxyl groups is 1. The number of rotatable bonds is 3. The predicted molar refractivity (Wildman–Crippen MR) is 105 cm³/mol. The van der Waals surface area contributed by atoms with E-state index in [1.54, 1.807) is 39.8 Å². The molecule has 1 N–H and O–H groups in total. The largest absolute Gasteiger partial charge is 0.458 e. The summed E-state index contributed by atoms with van der Waals surface area (Å²) >= 11 is 0. The van der Waals surface area contributed by atoms with Crippen molar-refractivity contribution in [2.45, 2.75) is 77.2 Å². The molecule has 0 unspecified atom stereocenters. The lowest BCUT2D eigenvalue weighted by Crippen LogP contribution is -2.44.